The van der Waals surface area contributed by atoms with Crippen LogP contribution >= 0.6 is 0 Å². The molecule has 0 N–H and O–H groups in total. The van der Waals surface area contributed by atoms with Crippen LogP contribution in [0, 0.1) is 34.6 Å². The third kappa shape index (κ3) is 12.2. The first kappa shape index (κ1) is 64.9. The second-order valence-electron chi connectivity index (χ2n) is 25.5. The zero-order chi connectivity index (χ0) is 68.1. The Morgan fingerprint density at radius 2 is 0.816 bits per heavy atom. The van der Waals surface area contributed by atoms with Gasteiger partial charge in [-0.15, -0.1) is 0 Å². The van der Waals surface area contributed by atoms with Crippen molar-refractivity contribution < 1.29 is 22.8 Å². The number of nitrogens with zero attached hydrogens (tertiary/aromatic N) is 9. The van der Waals surface area contributed by atoms with E-state index in [-0.39, 0.29) is 0 Å². The lowest BCUT2D eigenvalue weighted by atomic mass is 10.0. The smallest absolute Gasteiger partial charge is 0.235 e. The molecule has 0 aliphatic heterocycles. The van der Waals surface area contributed by atoms with Crippen LogP contribution in [0.3, 0.4) is 0 Å². The first-order chi connectivity index (χ1) is 47.7. The summed E-state index contributed by atoms with van der Waals surface area (Å²) in [6, 6.07) is 94.1. The highest BCUT2D eigenvalue weighted by Crippen LogP contribution is 2.35. The van der Waals surface area contributed by atoms with Gasteiger partial charge in [0.25, 0.3) is 22.9 Å². The lowest BCUT2D eigenvalue weighted by Crippen LogP contribution is -2.30. The van der Waals surface area contributed by atoms with Crippen molar-refractivity contribution in [3.8, 4) is 34.2 Å². The predicted molar refractivity (Wildman–Crippen MR) is 408 cm³/mol. The zero-order valence-electron chi connectivity index (χ0n) is 58.4. The molecule has 0 atom stereocenters. The number of aryl methyl sites for hydroxylation is 9. The van der Waals surface area contributed by atoms with Crippen LogP contribution in [0.1, 0.15) is 40.3 Å². The second kappa shape index (κ2) is 28.3. The molecule has 0 saturated heterocycles. The molecular formula is C89H86N9+5. The highest BCUT2D eigenvalue weighted by molar-refractivity contribution is 6.14. The Morgan fingerprint density at radius 3 is 1.41 bits per heavy atom. The maximum Gasteiger partial charge on any atom is 0.295 e. The van der Waals surface area contributed by atoms with Crippen molar-refractivity contribution in [3.63, 3.8) is 0 Å². The van der Waals surface area contributed by atoms with Gasteiger partial charge in [-0.25, -0.2) is 22.8 Å². The van der Waals surface area contributed by atoms with Gasteiger partial charge in [0.1, 0.15) is 61.3 Å². The maximum absolute atomic E-state index is 2.40. The topological polar surface area (TPSA) is 37.2 Å². The van der Waals surface area contributed by atoms with E-state index in [0.717, 1.165) is 0 Å². The summed E-state index contributed by atoms with van der Waals surface area (Å²) in [6.07, 6.45) is 12.7. The minimum Gasteiger partial charge on any atom is -0.235 e. The van der Waals surface area contributed by atoms with Crippen LogP contribution in [0.2, 0.25) is 0 Å². The molecule has 0 amide bonds. The molecule has 9 heteroatoms. The van der Waals surface area contributed by atoms with Gasteiger partial charge in [-0.3, -0.25) is 0 Å². The molecule has 9 nitrogen and oxygen atoms in total. The Kier molecular flexibility index (Phi) is 18.7. The van der Waals surface area contributed by atoms with Gasteiger partial charge in [-0.05, 0) is 148 Å². The number of para-hydroxylation sites is 8. The van der Waals surface area contributed by atoms with Crippen molar-refractivity contribution in [1.29, 1.82) is 0 Å². The van der Waals surface area contributed by atoms with Crippen molar-refractivity contribution in [2.24, 2.45) is 28.2 Å². The third-order valence-electron chi connectivity index (χ3n) is 19.0. The van der Waals surface area contributed by atoms with E-state index in [2.05, 4.69) is 415 Å². The highest BCUT2D eigenvalue weighted by atomic mass is 15.2. The molecule has 0 saturated carbocycles. The van der Waals surface area contributed by atoms with E-state index in [0.29, 0.717) is 0 Å². The number of hydrogen-bond acceptors (Lipinski definition) is 0. The summed E-state index contributed by atoms with van der Waals surface area (Å²) >= 11 is 0. The molecule has 482 valence electrons. The number of imidazole rings is 4. The van der Waals surface area contributed by atoms with E-state index in [1.807, 2.05) is 13.0 Å². The van der Waals surface area contributed by atoms with Crippen LogP contribution in [-0.4, -0.2) is 42.3 Å². The van der Waals surface area contributed by atoms with Gasteiger partial charge < -0.3 is 0 Å². The average molecular weight is 1280 g/mol. The summed E-state index contributed by atoms with van der Waals surface area (Å²) in [7, 11) is 12.6. The zero-order valence-corrected chi connectivity index (χ0v) is 58.4. The van der Waals surface area contributed by atoms with Gasteiger partial charge >= 0.3 is 0 Å². The highest BCUT2D eigenvalue weighted by Gasteiger charge is 2.28. The van der Waals surface area contributed by atoms with Crippen molar-refractivity contribution >= 4 is 82.4 Å². The quantitative estimate of drug-likeness (QED) is 0.0904. The summed E-state index contributed by atoms with van der Waals surface area (Å²) in [5.74, 6) is 2.40. The molecule has 17 rings (SSSR count). The number of aromatic nitrogens is 8. The molecule has 11 aromatic carbocycles. The fraction of sp³-hybridized carbons (Fsp3) is 0.135. The maximum atomic E-state index is 2.40. The Hall–Kier alpha value is -11.8. The summed E-state index contributed by atoms with van der Waals surface area (Å²) < 4.78 is 20.4. The molecule has 6 aromatic heterocycles. The monoisotopic (exact) mass is 1280 g/mol. The lowest BCUT2D eigenvalue weighted by Gasteiger charge is -2.06. The number of hydrogen-bond donors (Lipinski definition) is 0. The second-order valence-corrected chi connectivity index (χ2v) is 25.5. The van der Waals surface area contributed by atoms with Gasteiger partial charge in [0.15, 0.2) is 22.1 Å². The number of pyridine rings is 2. The number of rotatable bonds is 6. The van der Waals surface area contributed by atoms with Crippen LogP contribution in [-0.2, 0) is 28.2 Å². The molecule has 0 unspecified atom stereocenters. The Bertz CT molecular complexity index is 5830. The molecule has 6 heterocycles. The normalized spacial score (nSPS) is 11.2. The molecular weight excluding hydrogens is 1200 g/mol. The van der Waals surface area contributed by atoms with E-state index >= 15 is 0 Å². The molecule has 0 aliphatic rings. The SMILES string of the molecule is C/C=C\C(c1ccccc1C)=[N+](C)C.Cc1cccc2c3ccccc3n3c4ccccc4[n+](C)c3c12.Cc1cccc2c3ccccc3n3cc[n+](C)c3c12.Cc1ccccc1-c1n(-c2ccccc2)c2ccccc2[n+]1C.Cc1ccccc1-c1n(-c2ccccc2)cc[n+]1C. The van der Waals surface area contributed by atoms with Gasteiger partial charge in [-0.1, -0.05) is 194 Å². The molecule has 0 radical (unpaired) electrons. The molecule has 98 heavy (non-hydrogen) atoms. The Morgan fingerprint density at radius 1 is 0.367 bits per heavy atom. The van der Waals surface area contributed by atoms with Crippen LogP contribution < -0.4 is 18.3 Å². The van der Waals surface area contributed by atoms with Gasteiger partial charge in [0.2, 0.25) is 5.71 Å². The van der Waals surface area contributed by atoms with E-state index < -0.39 is 0 Å². The van der Waals surface area contributed by atoms with Crippen LogP contribution in [0.25, 0.3) is 111 Å². The van der Waals surface area contributed by atoms with Gasteiger partial charge in [0.05, 0.1) is 50.1 Å². The fourth-order valence-corrected chi connectivity index (χ4v) is 14.2. The van der Waals surface area contributed by atoms with Crippen molar-refractivity contribution in [2.45, 2.75) is 41.5 Å². The van der Waals surface area contributed by atoms with Crippen molar-refractivity contribution in [1.82, 2.24) is 17.9 Å². The summed E-state index contributed by atoms with van der Waals surface area (Å²) in [4.78, 5) is 0. The predicted octanol–water partition coefficient (Wildman–Crippen LogP) is 18.3. The molecule has 0 bridgehead atoms. The van der Waals surface area contributed by atoms with Crippen molar-refractivity contribution in [3.05, 3.63) is 337 Å². The van der Waals surface area contributed by atoms with Crippen molar-refractivity contribution in [2.75, 3.05) is 14.1 Å². The Labute approximate surface area is 575 Å². The van der Waals surface area contributed by atoms with E-state index in [1.165, 1.54) is 150 Å². The first-order valence-corrected chi connectivity index (χ1v) is 33.7. The van der Waals surface area contributed by atoms with E-state index in [1.54, 1.807) is 0 Å². The molecule has 0 fully saturated rings. The van der Waals surface area contributed by atoms with Gasteiger partial charge in [0, 0.05) is 33.2 Å². The largest absolute Gasteiger partial charge is 0.295 e. The summed E-state index contributed by atoms with van der Waals surface area (Å²) in [5, 5.41) is 7.95. The van der Waals surface area contributed by atoms with Gasteiger partial charge in [-0.2, -0.15) is 17.9 Å². The Balaban J connectivity index is 0.000000111. The molecule has 17 aromatic rings. The van der Waals surface area contributed by atoms with Crippen LogP contribution in [0.15, 0.2) is 304 Å². The molecule has 0 spiro atoms. The number of allylic oxidation sites excluding steroid dienone is 2. The van der Waals surface area contributed by atoms with E-state index in [9.17, 15) is 0 Å². The number of fused-ring (bicyclic) bond motifs is 15. The third-order valence-corrected chi connectivity index (χ3v) is 19.0. The first-order valence-electron chi connectivity index (χ1n) is 33.7. The minimum atomic E-state index is 1.18. The van der Waals surface area contributed by atoms with E-state index in [4.69, 9.17) is 0 Å². The number of benzene rings is 11. The summed E-state index contributed by atoms with van der Waals surface area (Å²) in [6.45, 7) is 12.9. The minimum absolute atomic E-state index is 1.18. The summed E-state index contributed by atoms with van der Waals surface area (Å²) in [5.41, 5.74) is 24.0. The van der Waals surface area contributed by atoms with Crippen LogP contribution in [0.5, 0.6) is 0 Å². The molecule has 0 aliphatic carbocycles. The lowest BCUT2D eigenvalue weighted by molar-refractivity contribution is -0.659. The average Bonchev–Trinajstić information content (AvgIpc) is 1.51. The standard InChI is InChI=1S/C21H17N2.C21H19N2.C17H15N2.C17H17N2.C13H18N/c1-14-8-7-10-16-15-9-3-4-11-17(15)23-19-13-6-5-12-18(19)22(2)21(23)20(14)16;1-16-10-6-7-13-18(16)21-22(2)19-14-8-9-15-20(19)23(21)17-11-4-3-5-12-17;1-12-6-5-8-14-13-7-3-4-9-15(13)19-11-10-18(2)17(19)16(12)14;1-14-8-6-7-11-16(14)17-18(2)12-13-19(17)15-9-4-3-5-10-15;1-5-8-13(14(3)4)12-10-7-6-9-11(12)2/h3-13H,1-2H3;3-15H,1-2H3;3-11H,1-2H3;3-13H,1-2H3;5-10H,1-4H3/q5*+1/b;;;;8-5-. The van der Waals surface area contributed by atoms with Crippen LogP contribution in [0.4, 0.5) is 0 Å². The fourth-order valence-electron chi connectivity index (χ4n) is 14.2.